The highest BCUT2D eigenvalue weighted by Crippen LogP contribution is 2.10. The second-order valence-corrected chi connectivity index (χ2v) is 5.01. The van der Waals surface area contributed by atoms with Crippen LogP contribution in [0.25, 0.3) is 0 Å². The van der Waals surface area contributed by atoms with E-state index in [0.717, 1.165) is 5.56 Å². The Morgan fingerprint density at radius 2 is 1.90 bits per heavy atom. The van der Waals surface area contributed by atoms with Gasteiger partial charge in [0, 0.05) is 32.0 Å². The van der Waals surface area contributed by atoms with Crippen LogP contribution in [0.15, 0.2) is 24.5 Å². The first-order valence-electron chi connectivity index (χ1n) is 6.67. The minimum Gasteiger partial charge on any atom is -0.372 e. The van der Waals surface area contributed by atoms with E-state index in [-0.39, 0.29) is 12.2 Å². The third kappa shape index (κ3) is 3.77. The Labute approximate surface area is 118 Å². The Morgan fingerprint density at radius 3 is 2.50 bits per heavy atom. The van der Waals surface area contributed by atoms with E-state index in [2.05, 4.69) is 10.3 Å². The molecular formula is C14H19N3O3. The second-order valence-electron chi connectivity index (χ2n) is 5.01. The lowest BCUT2D eigenvalue weighted by Gasteiger charge is -2.34. The standard InChI is InChI=1S/C14H19N3O3/c1-10-8-17(9-11(2)20-10)14(19)13(18)16-7-12-3-5-15-6-4-12/h3-6,10-11H,7-9H2,1-2H3,(H,16,18). The molecule has 108 valence electrons. The molecule has 6 heteroatoms. The molecule has 1 aromatic rings. The highest BCUT2D eigenvalue weighted by Gasteiger charge is 2.29. The number of nitrogens with one attached hydrogen (secondary N) is 1. The van der Waals surface area contributed by atoms with Crippen LogP contribution >= 0.6 is 0 Å². The fourth-order valence-corrected chi connectivity index (χ4v) is 2.25. The number of morpholine rings is 1. The molecule has 0 spiro atoms. The fraction of sp³-hybridized carbons (Fsp3) is 0.500. The summed E-state index contributed by atoms with van der Waals surface area (Å²) in [5.74, 6) is -1.08. The van der Waals surface area contributed by atoms with E-state index in [1.54, 1.807) is 29.4 Å². The summed E-state index contributed by atoms with van der Waals surface area (Å²) < 4.78 is 5.54. The summed E-state index contributed by atoms with van der Waals surface area (Å²) in [6, 6.07) is 3.59. The molecule has 1 aliphatic rings. The molecule has 0 radical (unpaired) electrons. The first-order valence-corrected chi connectivity index (χ1v) is 6.67. The van der Waals surface area contributed by atoms with E-state index in [9.17, 15) is 9.59 Å². The number of carbonyl (C=O) groups excluding carboxylic acids is 2. The smallest absolute Gasteiger partial charge is 0.312 e. The molecule has 2 rings (SSSR count). The second kappa shape index (κ2) is 6.47. The van der Waals surface area contributed by atoms with Crippen molar-refractivity contribution in [3.8, 4) is 0 Å². The summed E-state index contributed by atoms with van der Waals surface area (Å²) in [6.45, 7) is 5.01. The summed E-state index contributed by atoms with van der Waals surface area (Å²) in [7, 11) is 0. The van der Waals surface area contributed by atoms with Crippen LogP contribution in [0.1, 0.15) is 19.4 Å². The molecule has 2 amide bonds. The van der Waals surface area contributed by atoms with Gasteiger partial charge in [0.2, 0.25) is 0 Å². The molecule has 1 aromatic heterocycles. The van der Waals surface area contributed by atoms with Crippen molar-refractivity contribution in [3.63, 3.8) is 0 Å². The van der Waals surface area contributed by atoms with Gasteiger partial charge in [-0.3, -0.25) is 14.6 Å². The molecule has 2 atom stereocenters. The first kappa shape index (κ1) is 14.5. The van der Waals surface area contributed by atoms with Crippen LogP contribution < -0.4 is 5.32 Å². The normalized spacial score (nSPS) is 22.4. The van der Waals surface area contributed by atoms with Crippen LogP contribution in [-0.2, 0) is 20.9 Å². The van der Waals surface area contributed by atoms with Crippen LogP contribution in [0.4, 0.5) is 0 Å². The Balaban J connectivity index is 1.87. The number of pyridine rings is 1. The fourth-order valence-electron chi connectivity index (χ4n) is 2.25. The maximum atomic E-state index is 12.1. The predicted molar refractivity (Wildman–Crippen MR) is 72.7 cm³/mol. The molecule has 1 N–H and O–H groups in total. The van der Waals surface area contributed by atoms with Gasteiger partial charge in [0.1, 0.15) is 0 Å². The Kier molecular flexibility index (Phi) is 4.68. The molecule has 0 aliphatic carbocycles. The van der Waals surface area contributed by atoms with Gasteiger partial charge in [-0.1, -0.05) is 0 Å². The number of rotatable bonds is 2. The number of aromatic nitrogens is 1. The molecule has 0 saturated carbocycles. The van der Waals surface area contributed by atoms with Gasteiger partial charge in [-0.2, -0.15) is 0 Å². The lowest BCUT2D eigenvalue weighted by Crippen LogP contribution is -2.52. The lowest BCUT2D eigenvalue weighted by molar-refractivity contribution is -0.153. The summed E-state index contributed by atoms with van der Waals surface area (Å²) in [5, 5.41) is 2.63. The summed E-state index contributed by atoms with van der Waals surface area (Å²) >= 11 is 0. The molecule has 20 heavy (non-hydrogen) atoms. The van der Waals surface area contributed by atoms with Gasteiger partial charge in [0.05, 0.1) is 12.2 Å². The van der Waals surface area contributed by atoms with Gasteiger partial charge >= 0.3 is 11.8 Å². The van der Waals surface area contributed by atoms with E-state index in [4.69, 9.17) is 4.74 Å². The van der Waals surface area contributed by atoms with E-state index in [1.807, 2.05) is 13.8 Å². The maximum absolute atomic E-state index is 12.1. The van der Waals surface area contributed by atoms with E-state index >= 15 is 0 Å². The topological polar surface area (TPSA) is 71.5 Å². The van der Waals surface area contributed by atoms with Gasteiger partial charge in [-0.15, -0.1) is 0 Å². The van der Waals surface area contributed by atoms with Gasteiger partial charge in [-0.05, 0) is 31.5 Å². The van der Waals surface area contributed by atoms with E-state index in [0.29, 0.717) is 19.6 Å². The molecular weight excluding hydrogens is 258 g/mol. The largest absolute Gasteiger partial charge is 0.372 e. The van der Waals surface area contributed by atoms with Crippen LogP contribution in [0.2, 0.25) is 0 Å². The number of hydrogen-bond donors (Lipinski definition) is 1. The Bertz CT molecular complexity index is 468. The highest BCUT2D eigenvalue weighted by atomic mass is 16.5. The van der Waals surface area contributed by atoms with Gasteiger partial charge < -0.3 is 15.0 Å². The van der Waals surface area contributed by atoms with Gasteiger partial charge in [-0.25, -0.2) is 0 Å². The van der Waals surface area contributed by atoms with E-state index in [1.165, 1.54) is 0 Å². The number of carbonyl (C=O) groups is 2. The summed E-state index contributed by atoms with van der Waals surface area (Å²) in [5.41, 5.74) is 0.907. The first-order chi connectivity index (χ1) is 9.56. The number of hydrogen-bond acceptors (Lipinski definition) is 4. The molecule has 6 nitrogen and oxygen atoms in total. The third-order valence-electron chi connectivity index (χ3n) is 3.10. The maximum Gasteiger partial charge on any atom is 0.312 e. The minimum absolute atomic E-state index is 0.0457. The highest BCUT2D eigenvalue weighted by molar-refractivity contribution is 6.35. The molecule has 2 unspecified atom stereocenters. The van der Waals surface area contributed by atoms with Crippen molar-refractivity contribution in [2.75, 3.05) is 13.1 Å². The Morgan fingerprint density at radius 1 is 1.30 bits per heavy atom. The minimum atomic E-state index is -0.580. The molecule has 2 heterocycles. The molecule has 1 aliphatic heterocycles. The zero-order valence-electron chi connectivity index (χ0n) is 11.7. The molecule has 1 saturated heterocycles. The van der Waals surface area contributed by atoms with Crippen LogP contribution in [0.5, 0.6) is 0 Å². The summed E-state index contributed by atoms with van der Waals surface area (Å²) in [4.78, 5) is 29.4. The van der Waals surface area contributed by atoms with E-state index < -0.39 is 11.8 Å². The predicted octanol–water partition coefficient (Wildman–Crippen LogP) is 0.334. The quantitative estimate of drug-likeness (QED) is 0.791. The Hall–Kier alpha value is -1.95. The number of amides is 2. The molecule has 1 fully saturated rings. The van der Waals surface area contributed by atoms with Crippen molar-refractivity contribution in [1.82, 2.24) is 15.2 Å². The SMILES string of the molecule is CC1CN(C(=O)C(=O)NCc2ccncc2)CC(C)O1. The van der Waals surface area contributed by atoms with Crippen molar-refractivity contribution in [3.05, 3.63) is 30.1 Å². The molecule has 0 aromatic carbocycles. The van der Waals surface area contributed by atoms with Crippen molar-refractivity contribution < 1.29 is 14.3 Å². The number of ether oxygens (including phenoxy) is 1. The van der Waals surface area contributed by atoms with Crippen LogP contribution in [-0.4, -0.2) is 47.0 Å². The van der Waals surface area contributed by atoms with Crippen molar-refractivity contribution in [2.45, 2.75) is 32.6 Å². The van der Waals surface area contributed by atoms with Crippen LogP contribution in [0, 0.1) is 0 Å². The monoisotopic (exact) mass is 277 g/mol. The van der Waals surface area contributed by atoms with Crippen molar-refractivity contribution in [2.24, 2.45) is 0 Å². The number of nitrogens with zero attached hydrogens (tertiary/aromatic N) is 2. The zero-order chi connectivity index (χ0) is 14.5. The van der Waals surface area contributed by atoms with Crippen LogP contribution in [0.3, 0.4) is 0 Å². The third-order valence-corrected chi connectivity index (χ3v) is 3.10. The average Bonchev–Trinajstić information content (AvgIpc) is 2.44. The van der Waals surface area contributed by atoms with Crippen molar-refractivity contribution in [1.29, 1.82) is 0 Å². The van der Waals surface area contributed by atoms with Crippen molar-refractivity contribution >= 4 is 11.8 Å². The average molecular weight is 277 g/mol. The summed E-state index contributed by atoms with van der Waals surface area (Å²) in [6.07, 6.45) is 3.20. The lowest BCUT2D eigenvalue weighted by atomic mass is 10.2. The molecule has 0 bridgehead atoms. The zero-order valence-corrected chi connectivity index (χ0v) is 11.7. The van der Waals surface area contributed by atoms with Gasteiger partial charge in [0.15, 0.2) is 0 Å². The van der Waals surface area contributed by atoms with Gasteiger partial charge in [0.25, 0.3) is 0 Å².